The molecule has 0 bridgehead atoms. The standard InChI is InChI=1S/C25H24FN5O3/c1-14(34-23-11-16-9-17(26)4-5-21(16)30-24(23)27)20-10-15(25(33)29-18-12-19(32)13-18)3-6-22(20)31-8-2-7-28-31/h2-11,14,18-19,32H,12-13H2,1H3,(H2,27,30)(H,29,33)/t14-,18?,19?/m0/s1. The summed E-state index contributed by atoms with van der Waals surface area (Å²) in [7, 11) is 0. The first-order chi connectivity index (χ1) is 16.4. The van der Waals surface area contributed by atoms with Crippen LogP contribution in [0.5, 0.6) is 5.75 Å². The van der Waals surface area contributed by atoms with Crippen LogP contribution in [-0.2, 0) is 0 Å². The summed E-state index contributed by atoms with van der Waals surface area (Å²) < 4.78 is 21.6. The second kappa shape index (κ2) is 8.75. The van der Waals surface area contributed by atoms with Gasteiger partial charge in [-0.3, -0.25) is 4.79 Å². The minimum Gasteiger partial charge on any atom is -0.482 e. The van der Waals surface area contributed by atoms with Crippen molar-refractivity contribution in [1.29, 1.82) is 0 Å². The van der Waals surface area contributed by atoms with Gasteiger partial charge >= 0.3 is 0 Å². The van der Waals surface area contributed by atoms with E-state index in [0.29, 0.717) is 40.6 Å². The number of hydrogen-bond donors (Lipinski definition) is 3. The van der Waals surface area contributed by atoms with Gasteiger partial charge in [-0.05, 0) is 68.3 Å². The van der Waals surface area contributed by atoms with E-state index in [1.807, 2.05) is 13.0 Å². The number of aromatic nitrogens is 3. The monoisotopic (exact) mass is 461 g/mol. The Labute approximate surface area is 195 Å². The van der Waals surface area contributed by atoms with E-state index in [0.717, 1.165) is 5.69 Å². The largest absolute Gasteiger partial charge is 0.482 e. The number of benzene rings is 2. The van der Waals surface area contributed by atoms with Crippen LogP contribution in [-0.4, -0.2) is 37.9 Å². The summed E-state index contributed by atoms with van der Waals surface area (Å²) in [4.78, 5) is 17.1. The molecule has 1 atom stereocenters. The van der Waals surface area contributed by atoms with Gasteiger partial charge < -0.3 is 20.9 Å². The maximum Gasteiger partial charge on any atom is 0.251 e. The second-order valence-electron chi connectivity index (χ2n) is 8.49. The van der Waals surface area contributed by atoms with Gasteiger partial charge in [0.1, 0.15) is 11.9 Å². The fourth-order valence-corrected chi connectivity index (χ4v) is 4.11. The van der Waals surface area contributed by atoms with E-state index in [-0.39, 0.29) is 29.7 Å². The van der Waals surface area contributed by atoms with Crippen LogP contribution in [0.25, 0.3) is 16.6 Å². The van der Waals surface area contributed by atoms with Crippen molar-refractivity contribution in [3.63, 3.8) is 0 Å². The summed E-state index contributed by atoms with van der Waals surface area (Å²) in [6, 6.07) is 13.0. The smallest absolute Gasteiger partial charge is 0.251 e. The molecule has 34 heavy (non-hydrogen) atoms. The summed E-state index contributed by atoms with van der Waals surface area (Å²) >= 11 is 0. The van der Waals surface area contributed by atoms with Crippen LogP contribution < -0.4 is 15.8 Å². The number of amides is 1. The van der Waals surface area contributed by atoms with Gasteiger partial charge in [-0.1, -0.05) is 0 Å². The molecule has 2 heterocycles. The Bertz CT molecular complexity index is 1350. The van der Waals surface area contributed by atoms with Gasteiger partial charge in [-0.25, -0.2) is 14.1 Å². The number of hydrogen-bond acceptors (Lipinski definition) is 6. The number of anilines is 1. The molecule has 0 saturated heterocycles. The lowest BCUT2D eigenvalue weighted by molar-refractivity contribution is 0.0562. The van der Waals surface area contributed by atoms with Gasteiger partial charge in [0, 0.05) is 34.9 Å². The zero-order valence-electron chi connectivity index (χ0n) is 18.5. The van der Waals surface area contributed by atoms with Gasteiger partial charge in [-0.2, -0.15) is 5.10 Å². The highest BCUT2D eigenvalue weighted by Crippen LogP contribution is 2.32. The lowest BCUT2D eigenvalue weighted by atomic mass is 9.89. The SMILES string of the molecule is C[C@H](Oc1cc2cc(F)ccc2nc1N)c1cc(C(=O)NC2CC(O)C2)ccc1-n1cccn1. The molecule has 5 rings (SSSR count). The van der Waals surface area contributed by atoms with Crippen molar-refractivity contribution in [1.82, 2.24) is 20.1 Å². The number of carbonyl (C=O) groups excluding carboxylic acids is 1. The van der Waals surface area contributed by atoms with E-state index < -0.39 is 6.10 Å². The topological polar surface area (TPSA) is 115 Å². The molecule has 8 nitrogen and oxygen atoms in total. The van der Waals surface area contributed by atoms with Crippen LogP contribution in [0.2, 0.25) is 0 Å². The van der Waals surface area contributed by atoms with Crippen LogP contribution in [0.4, 0.5) is 10.2 Å². The van der Waals surface area contributed by atoms with Crippen LogP contribution in [0, 0.1) is 5.82 Å². The number of pyridine rings is 1. The van der Waals surface area contributed by atoms with E-state index in [1.165, 1.54) is 12.1 Å². The Kier molecular flexibility index (Phi) is 5.62. The number of ether oxygens (including phenoxy) is 1. The molecule has 1 fully saturated rings. The van der Waals surface area contributed by atoms with Crippen molar-refractivity contribution in [3.05, 3.63) is 77.9 Å². The van der Waals surface area contributed by atoms with Crippen molar-refractivity contribution < 1.29 is 19.0 Å². The Balaban J connectivity index is 1.47. The maximum absolute atomic E-state index is 13.7. The number of halogens is 1. The molecule has 1 aliphatic rings. The molecule has 174 valence electrons. The minimum atomic E-state index is -0.535. The number of fused-ring (bicyclic) bond motifs is 1. The Morgan fingerprint density at radius 2 is 2.09 bits per heavy atom. The van der Waals surface area contributed by atoms with Crippen molar-refractivity contribution in [2.24, 2.45) is 0 Å². The summed E-state index contributed by atoms with van der Waals surface area (Å²) in [5.41, 5.74) is 8.60. The molecular formula is C25H24FN5O3. The van der Waals surface area contributed by atoms with E-state index in [2.05, 4.69) is 15.4 Å². The van der Waals surface area contributed by atoms with Gasteiger partial charge in [0.2, 0.25) is 0 Å². The summed E-state index contributed by atoms with van der Waals surface area (Å²) in [6.07, 6.45) is 3.68. The third-order valence-electron chi connectivity index (χ3n) is 6.00. The summed E-state index contributed by atoms with van der Waals surface area (Å²) in [6.45, 7) is 1.83. The van der Waals surface area contributed by atoms with Gasteiger partial charge in [-0.15, -0.1) is 0 Å². The zero-order valence-corrected chi connectivity index (χ0v) is 18.5. The first kappa shape index (κ1) is 21.8. The average Bonchev–Trinajstić information content (AvgIpc) is 3.33. The Morgan fingerprint density at radius 3 is 2.82 bits per heavy atom. The number of nitrogens with two attached hydrogens (primary N) is 1. The minimum absolute atomic E-state index is 0.0331. The first-order valence-corrected chi connectivity index (χ1v) is 11.0. The van der Waals surface area contributed by atoms with Gasteiger partial charge in [0.25, 0.3) is 5.91 Å². The molecular weight excluding hydrogens is 437 g/mol. The molecule has 0 aliphatic heterocycles. The number of rotatable bonds is 6. The maximum atomic E-state index is 13.7. The highest BCUT2D eigenvalue weighted by molar-refractivity contribution is 5.95. The van der Waals surface area contributed by atoms with E-state index >= 15 is 0 Å². The summed E-state index contributed by atoms with van der Waals surface area (Å²) in [5.74, 6) is -0.101. The lowest BCUT2D eigenvalue weighted by Gasteiger charge is -2.32. The third-order valence-corrected chi connectivity index (χ3v) is 6.00. The van der Waals surface area contributed by atoms with Gasteiger partial charge in [0.15, 0.2) is 11.6 Å². The zero-order chi connectivity index (χ0) is 23.8. The number of aliphatic hydroxyl groups is 1. The van der Waals surface area contributed by atoms with E-state index in [1.54, 1.807) is 47.4 Å². The average molecular weight is 461 g/mol. The van der Waals surface area contributed by atoms with E-state index in [4.69, 9.17) is 10.5 Å². The number of nitrogens with one attached hydrogen (secondary N) is 1. The van der Waals surface area contributed by atoms with Crippen LogP contribution in [0.1, 0.15) is 41.8 Å². The molecule has 1 saturated carbocycles. The van der Waals surface area contributed by atoms with Crippen LogP contribution in [0.15, 0.2) is 60.9 Å². The highest BCUT2D eigenvalue weighted by Gasteiger charge is 2.29. The van der Waals surface area contributed by atoms with Crippen molar-refractivity contribution in [2.45, 2.75) is 38.0 Å². The van der Waals surface area contributed by atoms with Crippen LogP contribution >= 0.6 is 0 Å². The lowest BCUT2D eigenvalue weighted by Crippen LogP contribution is -2.46. The van der Waals surface area contributed by atoms with Crippen molar-refractivity contribution in [3.8, 4) is 11.4 Å². The molecule has 4 aromatic rings. The molecule has 1 aliphatic carbocycles. The molecule has 1 amide bonds. The molecule has 0 radical (unpaired) electrons. The quantitative estimate of drug-likeness (QED) is 0.405. The Morgan fingerprint density at radius 1 is 1.26 bits per heavy atom. The third kappa shape index (κ3) is 4.29. The molecule has 0 spiro atoms. The predicted molar refractivity (Wildman–Crippen MR) is 125 cm³/mol. The van der Waals surface area contributed by atoms with Crippen LogP contribution in [0.3, 0.4) is 0 Å². The molecule has 2 aromatic heterocycles. The molecule has 9 heteroatoms. The number of aliphatic hydroxyl groups excluding tert-OH is 1. The summed E-state index contributed by atoms with van der Waals surface area (Å²) in [5, 5.41) is 17.3. The molecule has 2 aromatic carbocycles. The normalized spacial score (nSPS) is 18.3. The van der Waals surface area contributed by atoms with Crippen molar-refractivity contribution in [2.75, 3.05) is 5.73 Å². The van der Waals surface area contributed by atoms with E-state index in [9.17, 15) is 14.3 Å². The number of nitrogens with zero attached hydrogens (tertiary/aromatic N) is 3. The molecule has 0 unspecified atom stereocenters. The second-order valence-corrected chi connectivity index (χ2v) is 8.49. The fourth-order valence-electron chi connectivity index (χ4n) is 4.11. The van der Waals surface area contributed by atoms with Crippen molar-refractivity contribution >= 4 is 22.6 Å². The highest BCUT2D eigenvalue weighted by atomic mass is 19.1. The number of nitrogen functional groups attached to an aromatic ring is 1. The first-order valence-electron chi connectivity index (χ1n) is 11.0. The molecule has 4 N–H and O–H groups in total. The fraction of sp³-hybridized carbons (Fsp3) is 0.240. The Hall–Kier alpha value is -3.98. The van der Waals surface area contributed by atoms with Gasteiger partial charge in [0.05, 0.1) is 17.3 Å². The predicted octanol–water partition coefficient (Wildman–Crippen LogP) is 3.53. The number of carbonyl (C=O) groups is 1.